The summed E-state index contributed by atoms with van der Waals surface area (Å²) in [5.74, 6) is -0.915. The van der Waals surface area contributed by atoms with E-state index >= 15 is 0 Å². The molecule has 0 aliphatic carbocycles. The van der Waals surface area contributed by atoms with Crippen LogP contribution in [0.2, 0.25) is 0 Å². The van der Waals surface area contributed by atoms with Crippen LogP contribution in [0.4, 0.5) is 8.78 Å². The Morgan fingerprint density at radius 2 is 1.78 bits per heavy atom. The molecule has 0 N–H and O–H groups in total. The van der Waals surface area contributed by atoms with E-state index in [0.29, 0.717) is 12.0 Å². The third-order valence-corrected chi connectivity index (χ3v) is 2.84. The third-order valence-electron chi connectivity index (χ3n) is 2.84. The summed E-state index contributed by atoms with van der Waals surface area (Å²) in [6.45, 7) is 1.80. The largest absolute Gasteiger partial charge is 0.311 e. The first-order chi connectivity index (χ1) is 8.61. The minimum Gasteiger partial charge on any atom is -0.311 e. The number of pyridine rings is 1. The lowest BCUT2D eigenvalue weighted by atomic mass is 10.1. The molecule has 0 unspecified atom stereocenters. The van der Waals surface area contributed by atoms with Crippen molar-refractivity contribution >= 4 is 0 Å². The van der Waals surface area contributed by atoms with Gasteiger partial charge in [0.1, 0.15) is 11.6 Å². The summed E-state index contributed by atoms with van der Waals surface area (Å²) >= 11 is 0. The predicted molar refractivity (Wildman–Crippen MR) is 65.5 cm³/mol. The van der Waals surface area contributed by atoms with Gasteiger partial charge in [-0.25, -0.2) is 8.78 Å². The predicted octanol–water partition coefficient (Wildman–Crippen LogP) is 2.74. The molecule has 0 spiro atoms. The van der Waals surface area contributed by atoms with Crippen LogP contribution in [0.1, 0.15) is 18.1 Å². The topological polar surface area (TPSA) is 22.0 Å². The lowest BCUT2D eigenvalue weighted by Gasteiger charge is -2.08. The average Bonchev–Trinajstić information content (AvgIpc) is 2.36. The number of hydrogen-bond acceptors (Lipinski definition) is 1. The van der Waals surface area contributed by atoms with Crippen molar-refractivity contribution < 1.29 is 8.78 Å². The molecule has 18 heavy (non-hydrogen) atoms. The molecular formula is C14H13F2NO. The van der Waals surface area contributed by atoms with Gasteiger partial charge in [0.15, 0.2) is 0 Å². The fourth-order valence-electron chi connectivity index (χ4n) is 1.80. The molecule has 0 saturated carbocycles. The molecule has 0 saturated heterocycles. The van der Waals surface area contributed by atoms with Crippen LogP contribution in [0.25, 0.3) is 0 Å². The molecule has 1 heterocycles. The number of aromatic nitrogens is 1. The Labute approximate surface area is 104 Å². The molecule has 4 heteroatoms. The molecule has 0 fully saturated rings. The second-order valence-electron chi connectivity index (χ2n) is 4.06. The number of nitrogens with zero attached hydrogens (tertiary/aromatic N) is 1. The smallest absolute Gasteiger partial charge is 0.250 e. The van der Waals surface area contributed by atoms with Crippen LogP contribution in [0, 0.1) is 11.6 Å². The van der Waals surface area contributed by atoms with Gasteiger partial charge in [0.25, 0.3) is 5.56 Å². The third kappa shape index (κ3) is 2.47. The van der Waals surface area contributed by atoms with Gasteiger partial charge >= 0.3 is 0 Å². The van der Waals surface area contributed by atoms with Gasteiger partial charge in [0.05, 0.1) is 6.54 Å². The molecule has 0 radical (unpaired) electrons. The van der Waals surface area contributed by atoms with E-state index in [2.05, 4.69) is 0 Å². The highest BCUT2D eigenvalue weighted by atomic mass is 19.1. The number of hydrogen-bond donors (Lipinski definition) is 0. The summed E-state index contributed by atoms with van der Waals surface area (Å²) in [7, 11) is 0. The number of aryl methyl sites for hydroxylation is 1. The summed E-state index contributed by atoms with van der Waals surface area (Å²) in [5, 5.41) is 0. The molecule has 0 aliphatic heterocycles. The van der Waals surface area contributed by atoms with E-state index in [4.69, 9.17) is 0 Å². The zero-order chi connectivity index (χ0) is 13.1. The Balaban J connectivity index is 2.39. The van der Waals surface area contributed by atoms with E-state index in [1.807, 2.05) is 0 Å². The maximum Gasteiger partial charge on any atom is 0.250 e. The minimum atomic E-state index is -0.482. The molecule has 2 rings (SSSR count). The fourth-order valence-corrected chi connectivity index (χ4v) is 1.80. The fraction of sp³-hybridized carbons (Fsp3) is 0.214. The quantitative estimate of drug-likeness (QED) is 0.819. The Bertz CT molecular complexity index is 619. The van der Waals surface area contributed by atoms with Crippen molar-refractivity contribution in [2.24, 2.45) is 0 Å². The van der Waals surface area contributed by atoms with Gasteiger partial charge < -0.3 is 4.57 Å². The van der Waals surface area contributed by atoms with Crippen LogP contribution < -0.4 is 5.56 Å². The van der Waals surface area contributed by atoms with Crippen LogP contribution in [0.5, 0.6) is 0 Å². The van der Waals surface area contributed by atoms with Crippen molar-refractivity contribution in [3.63, 3.8) is 0 Å². The van der Waals surface area contributed by atoms with E-state index in [1.165, 1.54) is 16.7 Å². The summed E-state index contributed by atoms with van der Waals surface area (Å²) in [5.41, 5.74) is 0.284. The Kier molecular flexibility index (Phi) is 3.55. The zero-order valence-corrected chi connectivity index (χ0v) is 9.99. The summed E-state index contributed by atoms with van der Waals surface area (Å²) in [4.78, 5) is 11.5. The maximum absolute atomic E-state index is 13.8. The van der Waals surface area contributed by atoms with Crippen molar-refractivity contribution in [2.75, 3.05) is 0 Å². The van der Waals surface area contributed by atoms with Crippen LogP contribution in [0.15, 0.2) is 41.3 Å². The Morgan fingerprint density at radius 1 is 1.11 bits per heavy atom. The Hall–Kier alpha value is -1.97. The van der Waals surface area contributed by atoms with Gasteiger partial charge in [-0.2, -0.15) is 0 Å². The van der Waals surface area contributed by atoms with Gasteiger partial charge in [-0.3, -0.25) is 4.79 Å². The van der Waals surface area contributed by atoms with Crippen molar-refractivity contribution in [3.8, 4) is 0 Å². The number of halogens is 2. The standard InChI is InChI=1S/C14H13F2NO/c1-2-10-7-13(16)11(8-12(10)15)9-17-6-4-3-5-14(17)18/h3-8H,2,9H2,1H3. The molecule has 0 aliphatic rings. The van der Waals surface area contributed by atoms with Crippen LogP contribution in [0.3, 0.4) is 0 Å². The summed E-state index contributed by atoms with van der Waals surface area (Å²) in [6, 6.07) is 7.02. The highest BCUT2D eigenvalue weighted by Crippen LogP contribution is 2.16. The highest BCUT2D eigenvalue weighted by Gasteiger charge is 2.09. The number of benzene rings is 1. The van der Waals surface area contributed by atoms with Gasteiger partial charge in [-0.05, 0) is 30.2 Å². The molecule has 2 aromatic rings. The van der Waals surface area contributed by atoms with Crippen LogP contribution in [-0.4, -0.2) is 4.57 Å². The van der Waals surface area contributed by atoms with Crippen LogP contribution in [-0.2, 0) is 13.0 Å². The first-order valence-corrected chi connectivity index (χ1v) is 5.74. The first kappa shape index (κ1) is 12.5. The molecule has 0 amide bonds. The van der Waals surface area contributed by atoms with Gasteiger partial charge in [-0.1, -0.05) is 13.0 Å². The van der Waals surface area contributed by atoms with Crippen molar-refractivity contribution in [1.82, 2.24) is 4.57 Å². The minimum absolute atomic E-state index is 0.0341. The molecule has 94 valence electrons. The molecule has 2 nitrogen and oxygen atoms in total. The van der Waals surface area contributed by atoms with E-state index in [-0.39, 0.29) is 17.7 Å². The highest BCUT2D eigenvalue weighted by molar-refractivity contribution is 5.26. The summed E-state index contributed by atoms with van der Waals surface area (Å²) in [6.07, 6.45) is 1.99. The molecular weight excluding hydrogens is 236 g/mol. The monoisotopic (exact) mass is 249 g/mol. The maximum atomic E-state index is 13.8. The lowest BCUT2D eigenvalue weighted by molar-refractivity contribution is 0.565. The van der Waals surface area contributed by atoms with Crippen molar-refractivity contribution in [3.05, 3.63) is 69.6 Å². The van der Waals surface area contributed by atoms with Gasteiger partial charge in [0, 0.05) is 17.8 Å². The van der Waals surface area contributed by atoms with Crippen molar-refractivity contribution in [1.29, 1.82) is 0 Å². The lowest BCUT2D eigenvalue weighted by Crippen LogP contribution is -2.19. The van der Waals surface area contributed by atoms with E-state index in [9.17, 15) is 13.6 Å². The number of rotatable bonds is 3. The molecule has 1 aromatic heterocycles. The van der Waals surface area contributed by atoms with Gasteiger partial charge in [-0.15, -0.1) is 0 Å². The van der Waals surface area contributed by atoms with Crippen molar-refractivity contribution in [2.45, 2.75) is 19.9 Å². The SMILES string of the molecule is CCc1cc(F)c(Cn2ccccc2=O)cc1F. The summed E-state index contributed by atoms with van der Waals surface area (Å²) < 4.78 is 28.7. The molecule has 0 atom stereocenters. The second kappa shape index (κ2) is 5.12. The second-order valence-corrected chi connectivity index (χ2v) is 4.06. The van der Waals surface area contributed by atoms with Crippen LogP contribution >= 0.6 is 0 Å². The van der Waals surface area contributed by atoms with Gasteiger partial charge in [0.2, 0.25) is 0 Å². The Morgan fingerprint density at radius 3 is 2.44 bits per heavy atom. The van der Waals surface area contributed by atoms with E-state index in [0.717, 1.165) is 6.07 Å². The zero-order valence-electron chi connectivity index (χ0n) is 9.99. The first-order valence-electron chi connectivity index (χ1n) is 5.74. The molecule has 0 bridgehead atoms. The van der Waals surface area contributed by atoms with E-state index < -0.39 is 11.6 Å². The van der Waals surface area contributed by atoms with E-state index in [1.54, 1.807) is 25.3 Å². The average molecular weight is 249 g/mol. The molecule has 1 aromatic carbocycles. The normalized spacial score (nSPS) is 10.6.